The molecule has 0 spiro atoms. The van der Waals surface area contributed by atoms with Crippen molar-refractivity contribution in [2.45, 2.75) is 13.5 Å². The first kappa shape index (κ1) is 19.3. The van der Waals surface area contributed by atoms with Gasteiger partial charge in [-0.3, -0.25) is 4.79 Å². The topological polar surface area (TPSA) is 82.8 Å². The van der Waals surface area contributed by atoms with E-state index in [1.165, 1.54) is 0 Å². The fourth-order valence-electron chi connectivity index (χ4n) is 1.69. The first-order valence-corrected chi connectivity index (χ1v) is 6.34. The number of benzene rings is 1. The van der Waals surface area contributed by atoms with E-state index >= 15 is 0 Å². The van der Waals surface area contributed by atoms with Gasteiger partial charge in [-0.15, -0.1) is 12.4 Å². The van der Waals surface area contributed by atoms with Gasteiger partial charge in [-0.25, -0.2) is 0 Å². The highest BCUT2D eigenvalue weighted by atomic mass is 35.5. The summed E-state index contributed by atoms with van der Waals surface area (Å²) in [4.78, 5) is 11.7. The first-order valence-electron chi connectivity index (χ1n) is 6.34. The minimum atomic E-state index is -0.221. The van der Waals surface area contributed by atoms with Crippen LogP contribution in [-0.4, -0.2) is 33.8 Å². The number of carbonyl (C=O) groups is 1. The van der Waals surface area contributed by atoms with E-state index in [0.29, 0.717) is 30.3 Å². The van der Waals surface area contributed by atoms with Crippen molar-refractivity contribution in [2.24, 2.45) is 11.7 Å². The Morgan fingerprint density at radius 3 is 2.14 bits per heavy atom. The van der Waals surface area contributed by atoms with Crippen molar-refractivity contribution in [2.75, 3.05) is 27.9 Å². The molecular formula is C14H23ClN2O4. The normalized spacial score (nSPS) is 11.1. The molecule has 0 radical (unpaired) electrons. The van der Waals surface area contributed by atoms with E-state index in [9.17, 15) is 4.79 Å². The van der Waals surface area contributed by atoms with E-state index in [1.54, 1.807) is 40.4 Å². The van der Waals surface area contributed by atoms with Gasteiger partial charge in [0.15, 0.2) is 11.5 Å². The van der Waals surface area contributed by atoms with Crippen LogP contribution >= 0.6 is 12.4 Å². The van der Waals surface area contributed by atoms with E-state index in [1.807, 2.05) is 0 Å². The molecule has 6 nitrogen and oxygen atoms in total. The van der Waals surface area contributed by atoms with Crippen molar-refractivity contribution in [1.82, 2.24) is 5.32 Å². The van der Waals surface area contributed by atoms with Crippen molar-refractivity contribution in [3.8, 4) is 17.2 Å². The molecule has 21 heavy (non-hydrogen) atoms. The number of methoxy groups -OCH3 is 3. The van der Waals surface area contributed by atoms with Gasteiger partial charge in [-0.05, 0) is 6.07 Å². The predicted molar refractivity (Wildman–Crippen MR) is 83.4 cm³/mol. The number of ether oxygens (including phenoxy) is 3. The highest BCUT2D eigenvalue weighted by molar-refractivity contribution is 5.85. The van der Waals surface area contributed by atoms with Gasteiger partial charge in [0.1, 0.15) is 5.75 Å². The number of hydrogen-bond donors (Lipinski definition) is 2. The Hall–Kier alpha value is -1.66. The Morgan fingerprint density at radius 1 is 1.14 bits per heavy atom. The first-order chi connectivity index (χ1) is 9.57. The number of hydrogen-bond acceptors (Lipinski definition) is 5. The second-order valence-electron chi connectivity index (χ2n) is 4.37. The molecule has 120 valence electrons. The summed E-state index contributed by atoms with van der Waals surface area (Å²) in [5.41, 5.74) is 6.27. The largest absolute Gasteiger partial charge is 0.496 e. The molecule has 0 aliphatic carbocycles. The van der Waals surface area contributed by atoms with Crippen molar-refractivity contribution >= 4 is 18.3 Å². The van der Waals surface area contributed by atoms with Crippen LogP contribution in [-0.2, 0) is 11.3 Å². The van der Waals surface area contributed by atoms with E-state index in [2.05, 4.69) is 5.32 Å². The third kappa shape index (κ3) is 4.99. The van der Waals surface area contributed by atoms with Gasteiger partial charge >= 0.3 is 0 Å². The number of nitrogens with one attached hydrogen (secondary N) is 1. The third-order valence-electron chi connectivity index (χ3n) is 3.04. The standard InChI is InChI=1S/C14H22N2O4.ClH/c1-9(7-15)14(17)16-8-10-5-12(19-3)13(20-4)6-11(10)18-2;/h5-6,9H,7-8,15H2,1-4H3,(H,16,17);1H. The van der Waals surface area contributed by atoms with Crippen LogP contribution in [0.2, 0.25) is 0 Å². The smallest absolute Gasteiger partial charge is 0.224 e. The summed E-state index contributed by atoms with van der Waals surface area (Å²) in [7, 11) is 4.68. The lowest BCUT2D eigenvalue weighted by molar-refractivity contribution is -0.124. The Kier molecular flexibility index (Phi) is 8.57. The molecule has 0 saturated carbocycles. The Labute approximate surface area is 131 Å². The van der Waals surface area contributed by atoms with Gasteiger partial charge in [0, 0.05) is 30.6 Å². The van der Waals surface area contributed by atoms with Gasteiger partial charge < -0.3 is 25.3 Å². The van der Waals surface area contributed by atoms with Gasteiger partial charge in [-0.2, -0.15) is 0 Å². The molecule has 1 amide bonds. The highest BCUT2D eigenvalue weighted by Crippen LogP contribution is 2.34. The maximum absolute atomic E-state index is 11.7. The number of amides is 1. The summed E-state index contributed by atoms with van der Waals surface area (Å²) in [6, 6.07) is 3.51. The quantitative estimate of drug-likeness (QED) is 0.793. The summed E-state index contributed by atoms with van der Waals surface area (Å²) in [6.45, 7) is 2.43. The third-order valence-corrected chi connectivity index (χ3v) is 3.04. The van der Waals surface area contributed by atoms with Crippen LogP contribution in [0.1, 0.15) is 12.5 Å². The average Bonchev–Trinajstić information content (AvgIpc) is 2.50. The molecular weight excluding hydrogens is 296 g/mol. The molecule has 1 atom stereocenters. The zero-order chi connectivity index (χ0) is 15.1. The molecule has 0 aliphatic heterocycles. The fourth-order valence-corrected chi connectivity index (χ4v) is 1.69. The van der Waals surface area contributed by atoms with E-state index in [-0.39, 0.29) is 24.2 Å². The van der Waals surface area contributed by atoms with Crippen molar-refractivity contribution in [1.29, 1.82) is 0 Å². The lowest BCUT2D eigenvalue weighted by Crippen LogP contribution is -2.32. The van der Waals surface area contributed by atoms with Crippen LogP contribution in [0, 0.1) is 5.92 Å². The molecule has 0 heterocycles. The molecule has 0 bridgehead atoms. The van der Waals surface area contributed by atoms with Crippen molar-refractivity contribution in [3.63, 3.8) is 0 Å². The van der Waals surface area contributed by atoms with Crippen molar-refractivity contribution < 1.29 is 19.0 Å². The molecule has 0 aliphatic rings. The van der Waals surface area contributed by atoms with Gasteiger partial charge in [0.05, 0.1) is 21.3 Å². The second-order valence-corrected chi connectivity index (χ2v) is 4.37. The predicted octanol–water partition coefficient (Wildman–Crippen LogP) is 1.35. The Balaban J connectivity index is 0.00000400. The molecule has 1 aromatic carbocycles. The van der Waals surface area contributed by atoms with E-state index < -0.39 is 0 Å². The monoisotopic (exact) mass is 318 g/mol. The maximum Gasteiger partial charge on any atom is 0.224 e. The minimum absolute atomic E-state index is 0. The van der Waals surface area contributed by atoms with Crippen LogP contribution in [0.25, 0.3) is 0 Å². The lowest BCUT2D eigenvalue weighted by Gasteiger charge is -2.15. The molecule has 0 fully saturated rings. The lowest BCUT2D eigenvalue weighted by atomic mass is 10.1. The van der Waals surface area contributed by atoms with Gasteiger partial charge in [0.2, 0.25) is 5.91 Å². The van der Waals surface area contributed by atoms with Crippen LogP contribution in [0.3, 0.4) is 0 Å². The summed E-state index contributed by atoms with van der Waals surface area (Å²) in [6.07, 6.45) is 0. The van der Waals surface area contributed by atoms with Gasteiger partial charge in [0.25, 0.3) is 0 Å². The van der Waals surface area contributed by atoms with Crippen LogP contribution in [0.5, 0.6) is 17.2 Å². The zero-order valence-electron chi connectivity index (χ0n) is 12.8. The van der Waals surface area contributed by atoms with Crippen LogP contribution < -0.4 is 25.3 Å². The second kappa shape index (κ2) is 9.31. The molecule has 0 aromatic heterocycles. The zero-order valence-corrected chi connectivity index (χ0v) is 13.6. The van der Waals surface area contributed by atoms with E-state index in [4.69, 9.17) is 19.9 Å². The molecule has 1 rings (SSSR count). The minimum Gasteiger partial charge on any atom is -0.496 e. The molecule has 1 aromatic rings. The van der Waals surface area contributed by atoms with E-state index in [0.717, 1.165) is 5.56 Å². The van der Waals surface area contributed by atoms with Crippen LogP contribution in [0.15, 0.2) is 12.1 Å². The summed E-state index contributed by atoms with van der Waals surface area (Å²) in [5, 5.41) is 2.82. The van der Waals surface area contributed by atoms with Gasteiger partial charge in [-0.1, -0.05) is 6.92 Å². The summed E-state index contributed by atoms with van der Waals surface area (Å²) < 4.78 is 15.7. The number of nitrogens with two attached hydrogens (primary N) is 1. The SMILES string of the molecule is COc1cc(OC)c(OC)cc1CNC(=O)C(C)CN.Cl. The molecule has 7 heteroatoms. The number of rotatable bonds is 7. The average molecular weight is 319 g/mol. The highest BCUT2D eigenvalue weighted by Gasteiger charge is 2.14. The van der Waals surface area contributed by atoms with Crippen molar-refractivity contribution in [3.05, 3.63) is 17.7 Å². The fraction of sp³-hybridized carbons (Fsp3) is 0.500. The Bertz CT molecular complexity index is 469. The summed E-state index contributed by atoms with van der Waals surface area (Å²) >= 11 is 0. The number of halogens is 1. The molecule has 1 unspecified atom stereocenters. The molecule has 0 saturated heterocycles. The molecule has 3 N–H and O–H groups in total. The Morgan fingerprint density at radius 2 is 1.67 bits per heavy atom. The maximum atomic E-state index is 11.7. The summed E-state index contributed by atoms with van der Waals surface area (Å²) in [5.74, 6) is 1.48. The number of carbonyl (C=O) groups excluding carboxylic acids is 1. The van der Waals surface area contributed by atoms with Crippen LogP contribution in [0.4, 0.5) is 0 Å².